The van der Waals surface area contributed by atoms with E-state index in [0.717, 1.165) is 17.0 Å². The van der Waals surface area contributed by atoms with Crippen molar-refractivity contribution in [2.24, 2.45) is 0 Å². The van der Waals surface area contributed by atoms with Crippen LogP contribution in [0.3, 0.4) is 0 Å². The molecule has 5 heteroatoms. The van der Waals surface area contributed by atoms with Crippen LogP contribution in [0.25, 0.3) is 0 Å². The first-order chi connectivity index (χ1) is 9.63. The van der Waals surface area contributed by atoms with Crippen molar-refractivity contribution < 1.29 is 14.2 Å². The summed E-state index contributed by atoms with van der Waals surface area (Å²) in [5, 5.41) is 12.7. The normalized spacial score (nSPS) is 12.0. The lowest BCUT2D eigenvalue weighted by Crippen LogP contribution is -2.15. The van der Waals surface area contributed by atoms with Gasteiger partial charge in [-0.3, -0.25) is 0 Å². The Kier molecular flexibility index (Phi) is 4.98. The number of aliphatic hydroxyl groups excluding tert-OH is 1. The molecule has 0 saturated carbocycles. The first-order valence-electron chi connectivity index (χ1n) is 6.10. The maximum atomic E-state index is 13.1. The summed E-state index contributed by atoms with van der Waals surface area (Å²) in [5.41, 5.74) is 1.64. The van der Waals surface area contributed by atoms with E-state index in [-0.39, 0.29) is 18.5 Å². The topological polar surface area (TPSA) is 41.5 Å². The molecule has 2 rings (SSSR count). The summed E-state index contributed by atoms with van der Waals surface area (Å²) in [4.78, 5) is 0. The Morgan fingerprint density at radius 2 is 1.95 bits per heavy atom. The van der Waals surface area contributed by atoms with Crippen LogP contribution >= 0.6 is 15.9 Å². The lowest BCUT2D eigenvalue weighted by Gasteiger charge is -2.19. The van der Waals surface area contributed by atoms with Gasteiger partial charge in [0.1, 0.15) is 11.6 Å². The highest BCUT2D eigenvalue weighted by molar-refractivity contribution is 9.10. The number of halogens is 2. The molecule has 0 bridgehead atoms. The van der Waals surface area contributed by atoms with Crippen molar-refractivity contribution in [2.75, 3.05) is 19.0 Å². The van der Waals surface area contributed by atoms with E-state index in [4.69, 9.17) is 4.74 Å². The SMILES string of the molecule is COc1ccc(NC(CO)c2ccc(F)cc2Br)cc1. The van der Waals surface area contributed by atoms with Gasteiger partial charge in [-0.1, -0.05) is 22.0 Å². The highest BCUT2D eigenvalue weighted by Crippen LogP contribution is 2.27. The van der Waals surface area contributed by atoms with E-state index in [1.807, 2.05) is 24.3 Å². The second-order valence-electron chi connectivity index (χ2n) is 4.27. The molecule has 2 aromatic rings. The summed E-state index contributed by atoms with van der Waals surface area (Å²) in [5.74, 6) is 0.445. The fourth-order valence-corrected chi connectivity index (χ4v) is 2.52. The van der Waals surface area contributed by atoms with Crippen LogP contribution < -0.4 is 10.1 Å². The van der Waals surface area contributed by atoms with E-state index in [2.05, 4.69) is 21.2 Å². The summed E-state index contributed by atoms with van der Waals surface area (Å²) in [6, 6.07) is 11.5. The molecule has 0 heterocycles. The maximum Gasteiger partial charge on any atom is 0.124 e. The van der Waals surface area contributed by atoms with Gasteiger partial charge in [0, 0.05) is 10.2 Å². The van der Waals surface area contributed by atoms with E-state index in [9.17, 15) is 9.50 Å². The smallest absolute Gasteiger partial charge is 0.124 e. The van der Waals surface area contributed by atoms with E-state index >= 15 is 0 Å². The van der Waals surface area contributed by atoms with Gasteiger partial charge in [0.15, 0.2) is 0 Å². The summed E-state index contributed by atoms with van der Waals surface area (Å²) in [7, 11) is 1.61. The molecule has 0 fully saturated rings. The number of anilines is 1. The fraction of sp³-hybridized carbons (Fsp3) is 0.200. The lowest BCUT2D eigenvalue weighted by atomic mass is 10.1. The summed E-state index contributed by atoms with van der Waals surface area (Å²) >= 11 is 3.31. The third-order valence-corrected chi connectivity index (χ3v) is 3.64. The Balaban J connectivity index is 2.19. The fourth-order valence-electron chi connectivity index (χ4n) is 1.89. The molecule has 0 amide bonds. The molecule has 0 saturated heterocycles. The minimum absolute atomic E-state index is 0.101. The number of ether oxygens (including phenoxy) is 1. The molecule has 0 radical (unpaired) electrons. The van der Waals surface area contributed by atoms with Gasteiger partial charge in [-0.05, 0) is 42.0 Å². The van der Waals surface area contributed by atoms with Crippen LogP contribution in [0.2, 0.25) is 0 Å². The average Bonchev–Trinajstić information content (AvgIpc) is 2.46. The second-order valence-corrected chi connectivity index (χ2v) is 5.13. The van der Waals surface area contributed by atoms with Gasteiger partial charge in [-0.2, -0.15) is 0 Å². The zero-order valence-corrected chi connectivity index (χ0v) is 12.5. The van der Waals surface area contributed by atoms with Crippen molar-refractivity contribution in [2.45, 2.75) is 6.04 Å². The van der Waals surface area contributed by atoms with E-state index < -0.39 is 0 Å². The zero-order chi connectivity index (χ0) is 14.5. The average molecular weight is 340 g/mol. The molecule has 0 aromatic heterocycles. The van der Waals surface area contributed by atoms with Crippen molar-refractivity contribution in [3.8, 4) is 5.75 Å². The largest absolute Gasteiger partial charge is 0.497 e. The maximum absolute atomic E-state index is 13.1. The van der Waals surface area contributed by atoms with Gasteiger partial charge in [-0.25, -0.2) is 4.39 Å². The van der Waals surface area contributed by atoms with Crippen molar-refractivity contribution in [3.63, 3.8) is 0 Å². The zero-order valence-electron chi connectivity index (χ0n) is 10.9. The molecule has 0 aliphatic carbocycles. The minimum atomic E-state index is -0.321. The molecular weight excluding hydrogens is 325 g/mol. The quantitative estimate of drug-likeness (QED) is 0.871. The predicted molar refractivity (Wildman–Crippen MR) is 80.5 cm³/mol. The molecule has 20 heavy (non-hydrogen) atoms. The summed E-state index contributed by atoms with van der Waals surface area (Å²) in [6.07, 6.45) is 0. The van der Waals surface area contributed by atoms with Gasteiger partial charge in [0.25, 0.3) is 0 Å². The van der Waals surface area contributed by atoms with E-state index in [1.54, 1.807) is 13.2 Å². The number of hydrogen-bond donors (Lipinski definition) is 2. The van der Waals surface area contributed by atoms with Gasteiger partial charge >= 0.3 is 0 Å². The van der Waals surface area contributed by atoms with Crippen LogP contribution in [0.1, 0.15) is 11.6 Å². The Morgan fingerprint density at radius 3 is 2.50 bits per heavy atom. The van der Waals surface area contributed by atoms with Crippen LogP contribution in [0.4, 0.5) is 10.1 Å². The molecular formula is C15H15BrFNO2. The van der Waals surface area contributed by atoms with Crippen LogP contribution in [-0.4, -0.2) is 18.8 Å². The Labute approximate surface area is 125 Å². The third-order valence-electron chi connectivity index (χ3n) is 2.95. The number of aliphatic hydroxyl groups is 1. The Hall–Kier alpha value is -1.59. The van der Waals surface area contributed by atoms with Gasteiger partial charge < -0.3 is 15.2 Å². The van der Waals surface area contributed by atoms with Gasteiger partial charge in [0.2, 0.25) is 0 Å². The number of benzene rings is 2. The Morgan fingerprint density at radius 1 is 1.25 bits per heavy atom. The molecule has 0 aliphatic heterocycles. The molecule has 3 nitrogen and oxygen atoms in total. The molecule has 2 aromatic carbocycles. The van der Waals surface area contributed by atoms with Crippen LogP contribution in [-0.2, 0) is 0 Å². The number of nitrogens with one attached hydrogen (secondary N) is 1. The van der Waals surface area contributed by atoms with E-state index in [0.29, 0.717) is 4.47 Å². The van der Waals surface area contributed by atoms with Crippen molar-refractivity contribution in [1.29, 1.82) is 0 Å². The first-order valence-corrected chi connectivity index (χ1v) is 6.89. The van der Waals surface area contributed by atoms with Crippen molar-refractivity contribution in [3.05, 3.63) is 58.3 Å². The van der Waals surface area contributed by atoms with Crippen LogP contribution in [0.5, 0.6) is 5.75 Å². The van der Waals surface area contributed by atoms with Gasteiger partial charge in [-0.15, -0.1) is 0 Å². The highest BCUT2D eigenvalue weighted by Gasteiger charge is 2.14. The molecule has 1 unspecified atom stereocenters. The number of rotatable bonds is 5. The monoisotopic (exact) mass is 339 g/mol. The summed E-state index contributed by atoms with van der Waals surface area (Å²) < 4.78 is 18.8. The van der Waals surface area contributed by atoms with Crippen molar-refractivity contribution in [1.82, 2.24) is 0 Å². The van der Waals surface area contributed by atoms with Crippen LogP contribution in [0.15, 0.2) is 46.9 Å². The number of hydrogen-bond acceptors (Lipinski definition) is 3. The molecule has 2 N–H and O–H groups in total. The molecule has 106 valence electrons. The third kappa shape index (κ3) is 3.49. The van der Waals surface area contributed by atoms with Crippen LogP contribution in [0, 0.1) is 5.82 Å². The Bertz CT molecular complexity index is 575. The van der Waals surface area contributed by atoms with Gasteiger partial charge in [0.05, 0.1) is 19.8 Å². The number of methoxy groups -OCH3 is 1. The first kappa shape index (κ1) is 14.8. The highest BCUT2D eigenvalue weighted by atomic mass is 79.9. The molecule has 1 atom stereocenters. The molecule has 0 aliphatic rings. The lowest BCUT2D eigenvalue weighted by molar-refractivity contribution is 0.276. The summed E-state index contributed by atoms with van der Waals surface area (Å²) in [6.45, 7) is -0.101. The second kappa shape index (κ2) is 6.72. The van der Waals surface area contributed by atoms with Crippen molar-refractivity contribution >= 4 is 21.6 Å². The van der Waals surface area contributed by atoms with E-state index in [1.165, 1.54) is 12.1 Å². The molecule has 0 spiro atoms. The predicted octanol–water partition coefficient (Wildman–Crippen LogP) is 3.74. The standard InChI is InChI=1S/C15H15BrFNO2/c1-20-12-5-3-11(4-6-12)18-15(9-19)13-7-2-10(17)8-14(13)16/h2-8,15,18-19H,9H2,1H3. The minimum Gasteiger partial charge on any atom is -0.497 e.